The molecule has 0 saturated carbocycles. The van der Waals surface area contributed by atoms with Gasteiger partial charge in [-0.25, -0.2) is 9.67 Å². The minimum absolute atomic E-state index is 0.0760. The Bertz CT molecular complexity index is 336. The fourth-order valence-electron chi connectivity index (χ4n) is 1.60. The molecular formula is C11H19N3O2. The number of aromatic nitrogens is 3. The van der Waals surface area contributed by atoms with Crippen LogP contribution in [0.15, 0.2) is 6.33 Å². The van der Waals surface area contributed by atoms with Gasteiger partial charge < -0.3 is 4.74 Å². The second kappa shape index (κ2) is 6.37. The summed E-state index contributed by atoms with van der Waals surface area (Å²) in [6.07, 6.45) is 2.17. The highest BCUT2D eigenvalue weighted by molar-refractivity contribution is 5.84. The minimum Gasteiger partial charge on any atom is -0.371 e. The van der Waals surface area contributed by atoms with Crippen molar-refractivity contribution in [2.45, 2.75) is 46.3 Å². The first-order valence-electron chi connectivity index (χ1n) is 5.73. The van der Waals surface area contributed by atoms with E-state index in [0.717, 1.165) is 6.54 Å². The van der Waals surface area contributed by atoms with E-state index in [1.807, 2.05) is 20.8 Å². The number of carbonyl (C=O) groups excluding carboxylic acids is 1. The molecule has 1 atom stereocenters. The molecule has 5 nitrogen and oxygen atoms in total. The zero-order chi connectivity index (χ0) is 12.0. The van der Waals surface area contributed by atoms with E-state index >= 15 is 0 Å². The van der Waals surface area contributed by atoms with Gasteiger partial charge in [0.1, 0.15) is 18.3 Å². The lowest BCUT2D eigenvalue weighted by Gasteiger charge is -2.13. The van der Waals surface area contributed by atoms with Gasteiger partial charge in [0.2, 0.25) is 0 Å². The molecule has 0 fully saturated rings. The van der Waals surface area contributed by atoms with Gasteiger partial charge in [-0.15, -0.1) is 0 Å². The van der Waals surface area contributed by atoms with Gasteiger partial charge in [-0.2, -0.15) is 5.10 Å². The van der Waals surface area contributed by atoms with E-state index in [1.54, 1.807) is 4.68 Å². The molecule has 0 aliphatic carbocycles. The maximum atomic E-state index is 11.9. The van der Waals surface area contributed by atoms with Crippen molar-refractivity contribution in [2.75, 3.05) is 6.61 Å². The van der Waals surface area contributed by atoms with Crippen molar-refractivity contribution in [3.8, 4) is 0 Å². The molecule has 0 aliphatic heterocycles. The number of aryl methyl sites for hydroxylation is 1. The molecule has 1 aromatic rings. The van der Waals surface area contributed by atoms with Crippen LogP contribution >= 0.6 is 0 Å². The Hall–Kier alpha value is -1.23. The van der Waals surface area contributed by atoms with Gasteiger partial charge in [-0.3, -0.25) is 4.79 Å². The molecule has 1 rings (SSSR count). The van der Waals surface area contributed by atoms with Crippen molar-refractivity contribution in [2.24, 2.45) is 0 Å². The second-order valence-electron chi connectivity index (χ2n) is 3.49. The molecule has 90 valence electrons. The molecular weight excluding hydrogens is 206 g/mol. The third-order valence-corrected chi connectivity index (χ3v) is 2.43. The Morgan fingerprint density at radius 1 is 1.50 bits per heavy atom. The van der Waals surface area contributed by atoms with Crippen LogP contribution in [0.3, 0.4) is 0 Å². The van der Waals surface area contributed by atoms with E-state index in [9.17, 15) is 4.79 Å². The maximum absolute atomic E-state index is 11.9. The number of hydrogen-bond donors (Lipinski definition) is 0. The highest BCUT2D eigenvalue weighted by Crippen LogP contribution is 2.05. The lowest BCUT2D eigenvalue weighted by atomic mass is 10.1. The van der Waals surface area contributed by atoms with E-state index in [4.69, 9.17) is 4.74 Å². The van der Waals surface area contributed by atoms with Crippen LogP contribution in [-0.4, -0.2) is 33.3 Å². The standard InChI is InChI=1S/C11H19N3O2/c1-4-10(16-6-3)9(15)7-11-12-8-13-14(11)5-2/h8,10H,4-7H2,1-3H3. The number of carbonyl (C=O) groups is 1. The predicted octanol–water partition coefficient (Wildman–Crippen LogP) is 1.22. The number of hydrogen-bond acceptors (Lipinski definition) is 4. The molecule has 1 unspecified atom stereocenters. The molecule has 1 aromatic heterocycles. The molecule has 0 aromatic carbocycles. The molecule has 0 bridgehead atoms. The zero-order valence-electron chi connectivity index (χ0n) is 10.1. The van der Waals surface area contributed by atoms with Crippen LogP contribution in [-0.2, 0) is 22.5 Å². The third kappa shape index (κ3) is 3.13. The Labute approximate surface area is 95.8 Å². The molecule has 0 amide bonds. The van der Waals surface area contributed by atoms with Gasteiger partial charge in [-0.05, 0) is 20.3 Å². The number of Topliss-reactive ketones (excluding diaryl/α,β-unsaturated/α-hetero) is 1. The van der Waals surface area contributed by atoms with Crippen molar-refractivity contribution in [3.63, 3.8) is 0 Å². The zero-order valence-corrected chi connectivity index (χ0v) is 10.1. The van der Waals surface area contributed by atoms with Gasteiger partial charge in [0.25, 0.3) is 0 Å². The third-order valence-electron chi connectivity index (χ3n) is 2.43. The van der Waals surface area contributed by atoms with Crippen LogP contribution in [0.1, 0.15) is 33.0 Å². The number of rotatable bonds is 7. The van der Waals surface area contributed by atoms with E-state index in [1.165, 1.54) is 6.33 Å². The Morgan fingerprint density at radius 2 is 2.25 bits per heavy atom. The molecule has 0 saturated heterocycles. The number of ketones is 1. The molecule has 0 radical (unpaired) electrons. The molecule has 0 aliphatic rings. The predicted molar refractivity (Wildman–Crippen MR) is 60.1 cm³/mol. The Balaban J connectivity index is 2.62. The summed E-state index contributed by atoms with van der Waals surface area (Å²) in [7, 11) is 0. The topological polar surface area (TPSA) is 57.0 Å². The molecule has 0 spiro atoms. The average Bonchev–Trinajstić information content (AvgIpc) is 2.72. The molecule has 0 N–H and O–H groups in total. The quantitative estimate of drug-likeness (QED) is 0.700. The molecule has 1 heterocycles. The van der Waals surface area contributed by atoms with Crippen molar-refractivity contribution in [1.29, 1.82) is 0 Å². The smallest absolute Gasteiger partial charge is 0.169 e. The summed E-state index contributed by atoms with van der Waals surface area (Å²) < 4.78 is 7.10. The van der Waals surface area contributed by atoms with Gasteiger partial charge in [-0.1, -0.05) is 6.92 Å². The largest absolute Gasteiger partial charge is 0.371 e. The monoisotopic (exact) mass is 225 g/mol. The maximum Gasteiger partial charge on any atom is 0.169 e. The summed E-state index contributed by atoms with van der Waals surface area (Å²) in [5, 5.41) is 4.03. The minimum atomic E-state index is -0.313. The van der Waals surface area contributed by atoms with Gasteiger partial charge in [0.05, 0.1) is 6.42 Å². The van der Waals surface area contributed by atoms with Crippen LogP contribution in [0, 0.1) is 0 Å². The van der Waals surface area contributed by atoms with Gasteiger partial charge >= 0.3 is 0 Å². The van der Waals surface area contributed by atoms with Crippen molar-refractivity contribution in [3.05, 3.63) is 12.2 Å². The van der Waals surface area contributed by atoms with E-state index in [0.29, 0.717) is 25.3 Å². The lowest BCUT2D eigenvalue weighted by molar-refractivity contribution is -0.129. The Morgan fingerprint density at radius 3 is 2.81 bits per heavy atom. The number of nitrogens with zero attached hydrogens (tertiary/aromatic N) is 3. The summed E-state index contributed by atoms with van der Waals surface area (Å²) in [4.78, 5) is 16.0. The van der Waals surface area contributed by atoms with Gasteiger partial charge in [0.15, 0.2) is 5.78 Å². The summed E-state index contributed by atoms with van der Waals surface area (Å²) in [6, 6.07) is 0. The first-order chi connectivity index (χ1) is 7.72. The summed E-state index contributed by atoms with van der Waals surface area (Å²) >= 11 is 0. The van der Waals surface area contributed by atoms with Crippen LogP contribution in [0.5, 0.6) is 0 Å². The van der Waals surface area contributed by atoms with Crippen LogP contribution in [0.2, 0.25) is 0 Å². The first-order valence-corrected chi connectivity index (χ1v) is 5.73. The fourth-order valence-corrected chi connectivity index (χ4v) is 1.60. The van der Waals surface area contributed by atoms with Crippen molar-refractivity contribution < 1.29 is 9.53 Å². The van der Waals surface area contributed by atoms with Crippen LogP contribution in [0.25, 0.3) is 0 Å². The van der Waals surface area contributed by atoms with Crippen molar-refractivity contribution >= 4 is 5.78 Å². The fraction of sp³-hybridized carbons (Fsp3) is 0.727. The van der Waals surface area contributed by atoms with Crippen LogP contribution in [0.4, 0.5) is 0 Å². The van der Waals surface area contributed by atoms with E-state index in [-0.39, 0.29) is 11.9 Å². The normalized spacial score (nSPS) is 12.7. The Kier molecular flexibility index (Phi) is 5.11. The highest BCUT2D eigenvalue weighted by Gasteiger charge is 2.18. The van der Waals surface area contributed by atoms with Gasteiger partial charge in [0, 0.05) is 13.2 Å². The lowest BCUT2D eigenvalue weighted by Crippen LogP contribution is -2.26. The number of ether oxygens (including phenoxy) is 1. The summed E-state index contributed by atoms with van der Waals surface area (Å²) in [5.41, 5.74) is 0. The average molecular weight is 225 g/mol. The summed E-state index contributed by atoms with van der Waals surface area (Å²) in [5.74, 6) is 0.790. The van der Waals surface area contributed by atoms with E-state index in [2.05, 4.69) is 10.1 Å². The molecule has 16 heavy (non-hydrogen) atoms. The molecule has 5 heteroatoms. The van der Waals surface area contributed by atoms with E-state index < -0.39 is 0 Å². The van der Waals surface area contributed by atoms with Crippen molar-refractivity contribution in [1.82, 2.24) is 14.8 Å². The SMILES string of the molecule is CCOC(CC)C(=O)Cc1ncnn1CC. The second-order valence-corrected chi connectivity index (χ2v) is 3.49. The first kappa shape index (κ1) is 12.8. The highest BCUT2D eigenvalue weighted by atomic mass is 16.5. The van der Waals surface area contributed by atoms with Crippen LogP contribution < -0.4 is 0 Å². The summed E-state index contributed by atoms with van der Waals surface area (Å²) in [6.45, 7) is 7.11.